The normalized spacial score (nSPS) is 13.6. The molecule has 1 saturated heterocycles. The SMILES string of the molecule is Cc1ccc(C(=O)Nc2ccc(CN3CCN(C)CC3)c(F)c2)cc1C#Cc1ccc(NC(=O)Nc2cnn(C)c2)nc1. The standard InChI is InChI=1S/C32H33FN8O2/c1-22-4-7-25(31(42)36-27-10-9-26(29(33)17-27)20-41-14-12-39(2)13-15-41)16-24(22)8-5-23-6-11-30(34-18-23)38-32(43)37-28-19-35-40(3)21-28/h4,6-7,9-11,16-19,21H,12-15,20H2,1-3H3,(H,36,42)(H2,34,37,38,43). The highest BCUT2D eigenvalue weighted by molar-refractivity contribution is 6.04. The summed E-state index contributed by atoms with van der Waals surface area (Å²) in [5.41, 5.74) is 4.21. The van der Waals surface area contributed by atoms with E-state index in [2.05, 4.69) is 54.7 Å². The van der Waals surface area contributed by atoms with Gasteiger partial charge in [0.05, 0.1) is 11.9 Å². The van der Waals surface area contributed by atoms with Gasteiger partial charge < -0.3 is 15.5 Å². The number of amides is 3. The minimum atomic E-state index is -0.436. The van der Waals surface area contributed by atoms with E-state index in [0.29, 0.717) is 46.0 Å². The summed E-state index contributed by atoms with van der Waals surface area (Å²) in [5, 5.41) is 12.1. The number of rotatable bonds is 6. The average Bonchev–Trinajstić information content (AvgIpc) is 3.39. The van der Waals surface area contributed by atoms with Crippen LogP contribution in [0.4, 0.5) is 26.4 Å². The van der Waals surface area contributed by atoms with Crippen molar-refractivity contribution in [2.75, 3.05) is 49.2 Å². The molecule has 43 heavy (non-hydrogen) atoms. The van der Waals surface area contributed by atoms with Gasteiger partial charge in [0.1, 0.15) is 11.6 Å². The Labute approximate surface area is 249 Å². The molecule has 2 aromatic heterocycles. The van der Waals surface area contributed by atoms with Gasteiger partial charge in [0.25, 0.3) is 5.91 Å². The highest BCUT2D eigenvalue weighted by atomic mass is 19.1. The topological polar surface area (TPSA) is 107 Å². The lowest BCUT2D eigenvalue weighted by molar-refractivity contribution is 0.102. The van der Waals surface area contributed by atoms with Gasteiger partial charge in [-0.25, -0.2) is 14.2 Å². The third-order valence-electron chi connectivity index (χ3n) is 7.11. The van der Waals surface area contributed by atoms with Crippen LogP contribution < -0.4 is 16.0 Å². The van der Waals surface area contributed by atoms with Gasteiger partial charge in [0.15, 0.2) is 0 Å². The van der Waals surface area contributed by atoms with Gasteiger partial charge in [-0.1, -0.05) is 24.0 Å². The Hall–Kier alpha value is -5.05. The van der Waals surface area contributed by atoms with Crippen molar-refractivity contribution in [3.05, 3.63) is 101 Å². The molecule has 0 atom stereocenters. The van der Waals surface area contributed by atoms with E-state index in [-0.39, 0.29) is 11.7 Å². The molecule has 10 nitrogen and oxygen atoms in total. The number of benzene rings is 2. The second-order valence-electron chi connectivity index (χ2n) is 10.5. The van der Waals surface area contributed by atoms with Crippen molar-refractivity contribution >= 4 is 29.1 Å². The van der Waals surface area contributed by atoms with Crippen molar-refractivity contribution in [2.24, 2.45) is 7.05 Å². The number of nitrogens with zero attached hydrogens (tertiary/aromatic N) is 5. The van der Waals surface area contributed by atoms with Crippen LogP contribution in [-0.4, -0.2) is 69.7 Å². The maximum Gasteiger partial charge on any atom is 0.324 e. The van der Waals surface area contributed by atoms with Crippen molar-refractivity contribution in [3.63, 3.8) is 0 Å². The summed E-state index contributed by atoms with van der Waals surface area (Å²) < 4.78 is 16.4. The van der Waals surface area contributed by atoms with Gasteiger partial charge in [0.2, 0.25) is 0 Å². The number of aromatic nitrogens is 3. The number of nitrogens with one attached hydrogen (secondary N) is 3. The van der Waals surface area contributed by atoms with E-state index in [1.807, 2.05) is 13.0 Å². The summed E-state index contributed by atoms with van der Waals surface area (Å²) in [7, 11) is 3.85. The lowest BCUT2D eigenvalue weighted by atomic mass is 10.0. The third-order valence-corrected chi connectivity index (χ3v) is 7.11. The summed E-state index contributed by atoms with van der Waals surface area (Å²) in [4.78, 5) is 33.9. The van der Waals surface area contributed by atoms with Crippen LogP contribution in [0.15, 0.2) is 67.1 Å². The molecule has 5 rings (SSSR count). The Morgan fingerprint density at radius 1 is 0.907 bits per heavy atom. The van der Waals surface area contributed by atoms with E-state index >= 15 is 0 Å². The zero-order valence-electron chi connectivity index (χ0n) is 24.3. The number of carbonyl (C=O) groups excluding carboxylic acids is 2. The minimum Gasteiger partial charge on any atom is -0.322 e. The van der Waals surface area contributed by atoms with E-state index in [0.717, 1.165) is 31.7 Å². The fourth-order valence-electron chi connectivity index (χ4n) is 4.55. The second kappa shape index (κ2) is 13.3. The molecule has 220 valence electrons. The highest BCUT2D eigenvalue weighted by Gasteiger charge is 2.16. The number of hydrogen-bond donors (Lipinski definition) is 3. The Kier molecular flexibility index (Phi) is 9.10. The highest BCUT2D eigenvalue weighted by Crippen LogP contribution is 2.19. The number of anilines is 3. The summed E-state index contributed by atoms with van der Waals surface area (Å²) in [5.74, 6) is 5.82. The lowest BCUT2D eigenvalue weighted by Gasteiger charge is -2.32. The van der Waals surface area contributed by atoms with E-state index in [1.165, 1.54) is 6.07 Å². The monoisotopic (exact) mass is 580 g/mol. The molecule has 1 aliphatic heterocycles. The Balaban J connectivity index is 1.19. The third kappa shape index (κ3) is 8.03. The van der Waals surface area contributed by atoms with Crippen molar-refractivity contribution in [3.8, 4) is 11.8 Å². The molecule has 1 fully saturated rings. The maximum atomic E-state index is 14.9. The fraction of sp³-hybridized carbons (Fsp3) is 0.250. The van der Waals surface area contributed by atoms with Gasteiger partial charge >= 0.3 is 6.03 Å². The number of pyridine rings is 1. The van der Waals surface area contributed by atoms with Crippen LogP contribution in [0, 0.1) is 24.6 Å². The van der Waals surface area contributed by atoms with Crippen LogP contribution in [-0.2, 0) is 13.6 Å². The lowest BCUT2D eigenvalue weighted by Crippen LogP contribution is -2.44. The van der Waals surface area contributed by atoms with Crippen molar-refractivity contribution in [1.82, 2.24) is 24.6 Å². The molecular formula is C32H33FN8O2. The number of hydrogen-bond acceptors (Lipinski definition) is 6. The van der Waals surface area contributed by atoms with Crippen LogP contribution in [0.25, 0.3) is 0 Å². The van der Waals surface area contributed by atoms with Gasteiger partial charge in [-0.05, 0) is 55.9 Å². The summed E-state index contributed by atoms with van der Waals surface area (Å²) in [6.45, 7) is 6.19. The number of piperazine rings is 1. The smallest absolute Gasteiger partial charge is 0.322 e. The van der Waals surface area contributed by atoms with Gasteiger partial charge in [0, 0.05) is 80.1 Å². The largest absolute Gasteiger partial charge is 0.324 e. The zero-order chi connectivity index (χ0) is 30.3. The van der Waals surface area contributed by atoms with Gasteiger partial charge in [-0.15, -0.1) is 0 Å². The van der Waals surface area contributed by atoms with Crippen LogP contribution in [0.1, 0.15) is 32.6 Å². The summed E-state index contributed by atoms with van der Waals surface area (Å²) in [6, 6.07) is 13.0. The molecule has 0 radical (unpaired) electrons. The molecule has 0 spiro atoms. The molecule has 2 aromatic carbocycles. The molecule has 0 bridgehead atoms. The Morgan fingerprint density at radius 3 is 2.42 bits per heavy atom. The minimum absolute atomic E-state index is 0.337. The molecule has 4 aromatic rings. The van der Waals surface area contributed by atoms with E-state index in [4.69, 9.17) is 0 Å². The van der Waals surface area contributed by atoms with Crippen LogP contribution >= 0.6 is 0 Å². The van der Waals surface area contributed by atoms with Gasteiger partial charge in [-0.2, -0.15) is 5.10 Å². The Bertz CT molecular complexity index is 1680. The van der Waals surface area contributed by atoms with Crippen LogP contribution in [0.5, 0.6) is 0 Å². The second-order valence-corrected chi connectivity index (χ2v) is 10.5. The average molecular weight is 581 g/mol. The van der Waals surface area contributed by atoms with Crippen LogP contribution in [0.3, 0.4) is 0 Å². The molecule has 1 aliphatic rings. The van der Waals surface area contributed by atoms with E-state index in [9.17, 15) is 14.0 Å². The molecule has 3 N–H and O–H groups in total. The molecule has 3 heterocycles. The van der Waals surface area contributed by atoms with Crippen molar-refractivity contribution in [1.29, 1.82) is 0 Å². The van der Waals surface area contributed by atoms with Gasteiger partial charge in [-0.3, -0.25) is 19.7 Å². The summed E-state index contributed by atoms with van der Waals surface area (Å²) in [6.07, 6.45) is 4.78. The first-order chi connectivity index (χ1) is 20.7. The maximum absolute atomic E-state index is 14.9. The van der Waals surface area contributed by atoms with Crippen molar-refractivity contribution < 1.29 is 14.0 Å². The number of carbonyl (C=O) groups is 2. The molecular weight excluding hydrogens is 547 g/mol. The molecule has 11 heteroatoms. The van der Waals surface area contributed by atoms with Crippen LogP contribution in [0.2, 0.25) is 0 Å². The Morgan fingerprint density at radius 2 is 1.72 bits per heavy atom. The molecule has 0 unspecified atom stereocenters. The molecule has 0 aliphatic carbocycles. The first kappa shape index (κ1) is 29.4. The number of halogens is 1. The molecule has 3 amide bonds. The van der Waals surface area contributed by atoms with Crippen molar-refractivity contribution in [2.45, 2.75) is 13.5 Å². The quantitative estimate of drug-likeness (QED) is 0.294. The predicted molar refractivity (Wildman–Crippen MR) is 164 cm³/mol. The zero-order valence-corrected chi connectivity index (χ0v) is 24.3. The molecule has 0 saturated carbocycles. The fourth-order valence-corrected chi connectivity index (χ4v) is 4.55. The predicted octanol–water partition coefficient (Wildman–Crippen LogP) is 4.31. The number of urea groups is 1. The van der Waals surface area contributed by atoms with E-state index in [1.54, 1.807) is 66.7 Å². The van der Waals surface area contributed by atoms with E-state index < -0.39 is 6.03 Å². The summed E-state index contributed by atoms with van der Waals surface area (Å²) >= 11 is 0. The first-order valence-electron chi connectivity index (χ1n) is 13.9. The number of likely N-dealkylation sites (N-methyl/N-ethyl adjacent to an activating group) is 1. The number of aryl methyl sites for hydroxylation is 2. The first-order valence-corrected chi connectivity index (χ1v) is 13.9.